The summed E-state index contributed by atoms with van der Waals surface area (Å²) in [5.41, 5.74) is 2.73. The Morgan fingerprint density at radius 2 is 1.76 bits per heavy atom. The molecule has 0 spiro atoms. The summed E-state index contributed by atoms with van der Waals surface area (Å²) < 4.78 is 0. The van der Waals surface area contributed by atoms with Gasteiger partial charge < -0.3 is 10.2 Å². The van der Waals surface area contributed by atoms with Gasteiger partial charge in [0.2, 0.25) is 0 Å². The molecule has 4 heteroatoms. The largest absolute Gasteiger partial charge is 4.00 e. The summed E-state index contributed by atoms with van der Waals surface area (Å²) in [6.07, 6.45) is 10.0. The number of rotatable bonds is 0. The molecule has 1 aliphatic rings. The van der Waals surface area contributed by atoms with Crippen LogP contribution in [-0.2, 0) is 21.7 Å². The normalized spacial score (nSPS) is 10.2. The van der Waals surface area contributed by atoms with E-state index < -0.39 is 0 Å². The van der Waals surface area contributed by atoms with Crippen molar-refractivity contribution in [2.24, 2.45) is 0 Å². The first kappa shape index (κ1) is 22.1. The molecule has 1 aliphatic carbocycles. The van der Waals surface area contributed by atoms with Gasteiger partial charge in [-0.3, -0.25) is 14.3 Å². The van der Waals surface area contributed by atoms with E-state index in [1.807, 2.05) is 12.2 Å². The van der Waals surface area contributed by atoms with Crippen LogP contribution in [0.2, 0.25) is 0 Å². The van der Waals surface area contributed by atoms with E-state index in [4.69, 9.17) is 10.2 Å². The third-order valence-corrected chi connectivity index (χ3v) is 2.82. The molecular formula is C13H19O2PTi. The van der Waals surface area contributed by atoms with Crippen LogP contribution in [0.4, 0.5) is 0 Å². The summed E-state index contributed by atoms with van der Waals surface area (Å²) in [4.78, 5) is 0. The van der Waals surface area contributed by atoms with Crippen molar-refractivity contribution in [1.29, 1.82) is 0 Å². The number of allylic oxidation sites excluding steroid dienone is 4. The Morgan fingerprint density at radius 1 is 1.18 bits per heavy atom. The smallest absolute Gasteiger partial charge is 0.857 e. The van der Waals surface area contributed by atoms with Crippen LogP contribution in [0.1, 0.15) is 17.5 Å². The van der Waals surface area contributed by atoms with Gasteiger partial charge in [-0.05, 0) is 0 Å². The minimum Gasteiger partial charge on any atom is -0.857 e. The Labute approximate surface area is 121 Å². The van der Waals surface area contributed by atoms with E-state index in [0.29, 0.717) is 0 Å². The van der Waals surface area contributed by atoms with E-state index in [1.54, 1.807) is 0 Å². The minimum absolute atomic E-state index is 0. The van der Waals surface area contributed by atoms with Crippen molar-refractivity contribution in [1.82, 2.24) is 0 Å². The molecule has 1 heterocycles. The quantitative estimate of drug-likeness (QED) is 0.534. The van der Waals surface area contributed by atoms with Gasteiger partial charge in [0.1, 0.15) is 0 Å². The zero-order valence-corrected chi connectivity index (χ0v) is 13.4. The SMILES string of the molecule is C[O-].C[O-].Cc1[c-][pH]cc1C.[C-]1=CC=CC1.[Ti+4]. The van der Waals surface area contributed by atoms with Gasteiger partial charge in [-0.15, -0.1) is 6.42 Å². The third kappa shape index (κ3) is 13.8. The van der Waals surface area contributed by atoms with Crippen LogP contribution in [0.25, 0.3) is 0 Å². The zero-order chi connectivity index (χ0) is 12.8. The molecule has 0 aromatic carbocycles. The molecule has 0 bridgehead atoms. The minimum atomic E-state index is 0. The molecule has 1 unspecified atom stereocenters. The van der Waals surface area contributed by atoms with Crippen LogP contribution in [0, 0.1) is 25.7 Å². The molecule has 0 saturated carbocycles. The number of aryl methyl sites for hydroxylation is 2. The molecule has 1 aromatic rings. The molecule has 2 rings (SSSR count). The van der Waals surface area contributed by atoms with Gasteiger partial charge in [0.05, 0.1) is 0 Å². The topological polar surface area (TPSA) is 46.1 Å². The van der Waals surface area contributed by atoms with Crippen molar-refractivity contribution < 1.29 is 31.9 Å². The van der Waals surface area contributed by atoms with Crippen molar-refractivity contribution in [3.05, 3.63) is 47.0 Å². The van der Waals surface area contributed by atoms with Crippen LogP contribution in [0.5, 0.6) is 0 Å². The molecule has 1 aromatic heterocycles. The average molecular weight is 286 g/mol. The first-order chi connectivity index (χ1) is 7.80. The molecule has 0 radical (unpaired) electrons. The molecule has 0 amide bonds. The second-order valence-electron chi connectivity index (χ2n) is 2.72. The predicted molar refractivity (Wildman–Crippen MR) is 67.7 cm³/mol. The molecule has 2 nitrogen and oxygen atoms in total. The summed E-state index contributed by atoms with van der Waals surface area (Å²) in [6.45, 7) is 4.23. The number of hydrogen-bond acceptors (Lipinski definition) is 2. The van der Waals surface area contributed by atoms with Crippen LogP contribution in [-0.4, -0.2) is 14.2 Å². The van der Waals surface area contributed by atoms with Gasteiger partial charge >= 0.3 is 21.7 Å². The van der Waals surface area contributed by atoms with E-state index in [1.165, 1.54) is 11.1 Å². The van der Waals surface area contributed by atoms with Crippen LogP contribution >= 0.6 is 8.19 Å². The first-order valence-corrected chi connectivity index (χ1v) is 5.94. The fraction of sp³-hybridized carbons (Fsp3) is 0.385. The van der Waals surface area contributed by atoms with E-state index in [2.05, 4.69) is 37.6 Å². The Balaban J connectivity index is -0.000000175. The van der Waals surface area contributed by atoms with E-state index >= 15 is 0 Å². The van der Waals surface area contributed by atoms with E-state index in [9.17, 15) is 0 Å². The third-order valence-electron chi connectivity index (χ3n) is 1.73. The summed E-state index contributed by atoms with van der Waals surface area (Å²) in [7, 11) is 2.32. The van der Waals surface area contributed by atoms with Crippen LogP contribution in [0.15, 0.2) is 24.0 Å². The Kier molecular flexibility index (Phi) is 23.8. The second-order valence-corrected chi connectivity index (χ2v) is 3.55. The standard InChI is InChI=1S/C6H8P.C5H5.2CH3O.Ti/c1-5-3-7-4-6(5)2;1-2-4-5-3-1;2*1-2;/h3,7H,1-2H3;1-3H,4H2;2*1H3;/q4*-1;+4. The van der Waals surface area contributed by atoms with Gasteiger partial charge in [0, 0.05) is 0 Å². The molecule has 1 atom stereocenters. The summed E-state index contributed by atoms with van der Waals surface area (Å²) >= 11 is 0. The number of hydrogen-bond donors (Lipinski definition) is 0. The maximum Gasteiger partial charge on any atom is 4.00 e. The first-order valence-electron chi connectivity index (χ1n) is 4.86. The van der Waals surface area contributed by atoms with Gasteiger partial charge in [0.15, 0.2) is 0 Å². The van der Waals surface area contributed by atoms with Crippen molar-refractivity contribution >= 4 is 8.19 Å². The monoisotopic (exact) mass is 286 g/mol. The maximum absolute atomic E-state index is 8.25. The summed E-state index contributed by atoms with van der Waals surface area (Å²) in [6, 6.07) is 0. The van der Waals surface area contributed by atoms with Gasteiger partial charge in [-0.2, -0.15) is 43.0 Å². The molecule has 0 aliphatic heterocycles. The molecule has 17 heavy (non-hydrogen) atoms. The van der Waals surface area contributed by atoms with Crippen molar-refractivity contribution in [3.63, 3.8) is 0 Å². The van der Waals surface area contributed by atoms with Gasteiger partial charge in [-0.1, -0.05) is 13.8 Å². The average Bonchev–Trinajstić information content (AvgIpc) is 3.01. The molecular weight excluding hydrogens is 267 g/mol. The van der Waals surface area contributed by atoms with Gasteiger partial charge in [0.25, 0.3) is 0 Å². The van der Waals surface area contributed by atoms with Crippen molar-refractivity contribution in [2.45, 2.75) is 20.3 Å². The fourth-order valence-electron chi connectivity index (χ4n) is 0.800. The van der Waals surface area contributed by atoms with Crippen molar-refractivity contribution in [2.75, 3.05) is 14.2 Å². The summed E-state index contributed by atoms with van der Waals surface area (Å²) in [5.74, 6) is 5.44. The molecule has 0 fully saturated rings. The zero-order valence-electron chi connectivity index (χ0n) is 10.8. The molecule has 92 valence electrons. The summed E-state index contributed by atoms with van der Waals surface area (Å²) in [5, 5.41) is 16.5. The Hall–Kier alpha value is -0.106. The second kappa shape index (κ2) is 18.3. The van der Waals surface area contributed by atoms with Crippen molar-refractivity contribution in [3.8, 4) is 0 Å². The Morgan fingerprint density at radius 3 is 1.88 bits per heavy atom. The van der Waals surface area contributed by atoms with Gasteiger partial charge in [-0.25, -0.2) is 12.2 Å². The molecule has 0 saturated heterocycles. The van der Waals surface area contributed by atoms with Crippen LogP contribution < -0.4 is 10.2 Å². The van der Waals surface area contributed by atoms with E-state index in [0.717, 1.165) is 28.8 Å². The maximum atomic E-state index is 8.25. The van der Waals surface area contributed by atoms with Crippen LogP contribution in [0.3, 0.4) is 0 Å². The fourth-order valence-corrected chi connectivity index (χ4v) is 1.72. The predicted octanol–water partition coefficient (Wildman–Crippen LogP) is 1.39. The Bertz CT molecular complexity index is 267. The molecule has 0 N–H and O–H groups in total. The van der Waals surface area contributed by atoms with E-state index in [-0.39, 0.29) is 21.7 Å².